The van der Waals surface area contributed by atoms with Crippen molar-refractivity contribution in [3.05, 3.63) is 23.2 Å². The van der Waals surface area contributed by atoms with E-state index in [2.05, 4.69) is 27.0 Å². The summed E-state index contributed by atoms with van der Waals surface area (Å²) in [4.78, 5) is 1.27. The van der Waals surface area contributed by atoms with Crippen molar-refractivity contribution in [1.29, 1.82) is 0 Å². The molecule has 1 aliphatic heterocycles. The molecule has 0 aromatic carbocycles. The fourth-order valence-corrected chi connectivity index (χ4v) is 2.38. The molecule has 1 aliphatic rings. The Balaban J connectivity index is 2.32. The van der Waals surface area contributed by atoms with Gasteiger partial charge in [0.15, 0.2) is 0 Å². The Labute approximate surface area is 73.4 Å². The minimum absolute atomic E-state index is 0.884. The molecule has 0 aliphatic carbocycles. The fraction of sp³-hybridized carbons (Fsp3) is 0.125. The summed E-state index contributed by atoms with van der Waals surface area (Å²) in [7, 11) is 0. The Kier molecular flexibility index (Phi) is 1.10. The van der Waals surface area contributed by atoms with Gasteiger partial charge in [-0.1, -0.05) is 0 Å². The summed E-state index contributed by atoms with van der Waals surface area (Å²) >= 11 is 1.74. The molecule has 60 valence electrons. The van der Waals surface area contributed by atoms with Crippen LogP contribution in [0.5, 0.6) is 0 Å². The van der Waals surface area contributed by atoms with Crippen LogP contribution >= 0.6 is 11.3 Å². The van der Waals surface area contributed by atoms with Crippen LogP contribution in [0.1, 0.15) is 5.56 Å². The monoisotopic (exact) mass is 177 g/mol. The Morgan fingerprint density at radius 1 is 1.50 bits per heavy atom. The van der Waals surface area contributed by atoms with Crippen LogP contribution in [-0.4, -0.2) is 10.2 Å². The van der Waals surface area contributed by atoms with Crippen molar-refractivity contribution in [3.63, 3.8) is 0 Å². The van der Waals surface area contributed by atoms with Crippen molar-refractivity contribution in [3.8, 4) is 10.6 Å². The average molecular weight is 177 g/mol. The summed E-state index contributed by atoms with van der Waals surface area (Å²) in [6.07, 6.45) is 1.88. The lowest BCUT2D eigenvalue weighted by Crippen LogP contribution is -2.04. The van der Waals surface area contributed by atoms with Gasteiger partial charge in [0.1, 0.15) is 0 Å². The summed E-state index contributed by atoms with van der Waals surface area (Å²) in [5, 5.41) is 12.5. The molecule has 4 heteroatoms. The second-order valence-corrected chi connectivity index (χ2v) is 3.70. The number of fused-ring (bicyclic) bond motifs is 3. The third-order valence-electron chi connectivity index (χ3n) is 2.08. The van der Waals surface area contributed by atoms with Gasteiger partial charge in [0, 0.05) is 12.1 Å². The minimum atomic E-state index is 0.884. The number of rotatable bonds is 0. The number of nitrogens with zero attached hydrogens (tertiary/aromatic N) is 1. The van der Waals surface area contributed by atoms with Crippen LogP contribution in [0.4, 0.5) is 5.69 Å². The van der Waals surface area contributed by atoms with Gasteiger partial charge in [-0.05, 0) is 11.4 Å². The number of hydrogen-bond acceptors (Lipinski definition) is 3. The lowest BCUT2D eigenvalue weighted by molar-refractivity contribution is 1.10. The normalized spacial score (nSPS) is 13.3. The predicted molar refractivity (Wildman–Crippen MR) is 49.2 cm³/mol. The Morgan fingerprint density at radius 3 is 3.50 bits per heavy atom. The van der Waals surface area contributed by atoms with Gasteiger partial charge in [-0.2, -0.15) is 5.10 Å². The topological polar surface area (TPSA) is 40.7 Å². The first kappa shape index (κ1) is 6.25. The summed E-state index contributed by atoms with van der Waals surface area (Å²) in [6.45, 7) is 0.884. The molecule has 0 spiro atoms. The molecule has 0 radical (unpaired) electrons. The van der Waals surface area contributed by atoms with Gasteiger partial charge >= 0.3 is 0 Å². The molecule has 12 heavy (non-hydrogen) atoms. The van der Waals surface area contributed by atoms with Crippen molar-refractivity contribution in [2.24, 2.45) is 0 Å². The van der Waals surface area contributed by atoms with E-state index in [0.29, 0.717) is 0 Å². The van der Waals surface area contributed by atoms with Crippen LogP contribution in [0.2, 0.25) is 0 Å². The molecular weight excluding hydrogens is 170 g/mol. The van der Waals surface area contributed by atoms with Gasteiger partial charge in [0.25, 0.3) is 0 Å². The van der Waals surface area contributed by atoms with Crippen molar-refractivity contribution in [1.82, 2.24) is 10.2 Å². The molecule has 0 bridgehead atoms. The first-order chi connectivity index (χ1) is 5.95. The minimum Gasteiger partial charge on any atom is -0.380 e. The van der Waals surface area contributed by atoms with E-state index in [1.165, 1.54) is 21.8 Å². The zero-order valence-corrected chi connectivity index (χ0v) is 7.11. The number of nitrogens with one attached hydrogen (secondary N) is 2. The smallest absolute Gasteiger partial charge is 0.0820 e. The maximum absolute atomic E-state index is 4.02. The number of aromatic nitrogens is 2. The summed E-state index contributed by atoms with van der Waals surface area (Å²) in [5.41, 5.74) is 3.65. The summed E-state index contributed by atoms with van der Waals surface area (Å²) in [5.74, 6) is 0. The second kappa shape index (κ2) is 2.10. The van der Waals surface area contributed by atoms with Gasteiger partial charge < -0.3 is 5.32 Å². The van der Waals surface area contributed by atoms with E-state index in [1.54, 1.807) is 11.3 Å². The Hall–Kier alpha value is -1.29. The van der Waals surface area contributed by atoms with E-state index < -0.39 is 0 Å². The van der Waals surface area contributed by atoms with E-state index in [1.807, 2.05) is 6.20 Å². The second-order valence-electron chi connectivity index (χ2n) is 2.79. The van der Waals surface area contributed by atoms with Gasteiger partial charge in [-0.3, -0.25) is 5.10 Å². The first-order valence-electron chi connectivity index (χ1n) is 3.79. The van der Waals surface area contributed by atoms with E-state index in [-0.39, 0.29) is 0 Å². The molecule has 0 fully saturated rings. The van der Waals surface area contributed by atoms with Gasteiger partial charge in [0.2, 0.25) is 0 Å². The first-order valence-corrected chi connectivity index (χ1v) is 4.67. The molecule has 2 aromatic heterocycles. The predicted octanol–water partition coefficient (Wildman–Crippen LogP) is 2.06. The molecule has 3 heterocycles. The van der Waals surface area contributed by atoms with Crippen LogP contribution in [0.3, 0.4) is 0 Å². The molecule has 0 amide bonds. The molecule has 0 saturated carbocycles. The highest BCUT2D eigenvalue weighted by Gasteiger charge is 2.17. The van der Waals surface area contributed by atoms with Crippen LogP contribution < -0.4 is 5.32 Å². The van der Waals surface area contributed by atoms with Crippen LogP contribution in [0, 0.1) is 0 Å². The van der Waals surface area contributed by atoms with E-state index in [9.17, 15) is 0 Å². The van der Waals surface area contributed by atoms with Crippen LogP contribution in [0.15, 0.2) is 17.6 Å². The van der Waals surface area contributed by atoms with Crippen molar-refractivity contribution >= 4 is 17.0 Å². The van der Waals surface area contributed by atoms with E-state index >= 15 is 0 Å². The van der Waals surface area contributed by atoms with Crippen molar-refractivity contribution in [2.75, 3.05) is 5.32 Å². The van der Waals surface area contributed by atoms with Gasteiger partial charge in [0.05, 0.1) is 22.5 Å². The maximum atomic E-state index is 4.02. The SMILES string of the molecule is c1cc2c(s1)-c1[nH]ncc1CN2. The largest absolute Gasteiger partial charge is 0.380 e. The van der Waals surface area contributed by atoms with Gasteiger partial charge in [-0.25, -0.2) is 0 Å². The number of aromatic amines is 1. The van der Waals surface area contributed by atoms with E-state index in [0.717, 1.165) is 6.54 Å². The molecule has 0 atom stereocenters. The molecule has 2 N–H and O–H groups in total. The third-order valence-corrected chi connectivity index (χ3v) is 3.01. The number of H-pyrrole nitrogens is 1. The fourth-order valence-electron chi connectivity index (χ4n) is 1.47. The van der Waals surface area contributed by atoms with Gasteiger partial charge in [-0.15, -0.1) is 11.3 Å². The average Bonchev–Trinajstić information content (AvgIpc) is 2.71. The quantitative estimate of drug-likeness (QED) is 0.646. The zero-order chi connectivity index (χ0) is 7.97. The Morgan fingerprint density at radius 2 is 2.50 bits per heavy atom. The Bertz CT molecular complexity index is 375. The highest BCUT2D eigenvalue weighted by atomic mass is 32.1. The molecule has 3 nitrogen and oxygen atoms in total. The van der Waals surface area contributed by atoms with E-state index in [4.69, 9.17) is 0 Å². The standard InChI is InChI=1S/C8H7N3S/c1-2-12-8-6(1)9-3-5-4-10-11-7(5)8/h1-2,4,9H,3H2,(H,10,11). The van der Waals surface area contributed by atoms with Crippen molar-refractivity contribution in [2.45, 2.75) is 6.54 Å². The van der Waals surface area contributed by atoms with Crippen LogP contribution in [-0.2, 0) is 6.54 Å². The number of hydrogen-bond donors (Lipinski definition) is 2. The highest BCUT2D eigenvalue weighted by molar-refractivity contribution is 7.14. The lowest BCUT2D eigenvalue weighted by atomic mass is 10.1. The molecule has 3 rings (SSSR count). The van der Waals surface area contributed by atoms with Crippen LogP contribution in [0.25, 0.3) is 10.6 Å². The lowest BCUT2D eigenvalue weighted by Gasteiger charge is -2.12. The third kappa shape index (κ3) is 0.674. The molecular formula is C8H7N3S. The summed E-state index contributed by atoms with van der Waals surface area (Å²) in [6, 6.07) is 2.10. The molecule has 0 saturated heterocycles. The van der Waals surface area contributed by atoms with Crippen molar-refractivity contribution < 1.29 is 0 Å². The summed E-state index contributed by atoms with van der Waals surface area (Å²) < 4.78 is 0. The molecule has 2 aromatic rings. The maximum Gasteiger partial charge on any atom is 0.0820 e. The number of anilines is 1. The number of thiophene rings is 1. The molecule has 0 unspecified atom stereocenters. The highest BCUT2D eigenvalue weighted by Crippen LogP contribution is 2.37. The zero-order valence-electron chi connectivity index (χ0n) is 6.29.